The van der Waals surface area contributed by atoms with Crippen molar-refractivity contribution in [2.75, 3.05) is 0 Å². The van der Waals surface area contributed by atoms with Crippen LogP contribution in [0.5, 0.6) is 0 Å². The Bertz CT molecular complexity index is 9500. The van der Waals surface area contributed by atoms with E-state index in [9.17, 15) is 0 Å². The van der Waals surface area contributed by atoms with Gasteiger partial charge in [-0.05, 0) is 253 Å². The van der Waals surface area contributed by atoms with Crippen molar-refractivity contribution in [1.29, 1.82) is 0 Å². The van der Waals surface area contributed by atoms with Crippen molar-refractivity contribution < 1.29 is 0 Å². The van der Waals surface area contributed by atoms with Gasteiger partial charge in [0.2, 0.25) is 0 Å². The molecule has 4 heteroatoms. The number of fused-ring (bicyclic) bond motifs is 10. The third-order valence-electron chi connectivity index (χ3n) is 28.3. The maximum Gasteiger partial charge on any atom is 0.0709 e. The molecule has 616 valence electrons. The van der Waals surface area contributed by atoms with Crippen LogP contribution in [0.25, 0.3) is 268 Å². The molecule has 4 heterocycles. The van der Waals surface area contributed by atoms with E-state index in [2.05, 4.69) is 493 Å². The number of hydrogen-bond donors (Lipinski definition) is 0. The smallest absolute Gasteiger partial charge is 0.0709 e. The molecule has 0 saturated carbocycles. The predicted octanol–water partition coefficient (Wildman–Crippen LogP) is 35.3. The van der Waals surface area contributed by atoms with Crippen LogP contribution in [0.2, 0.25) is 0 Å². The zero-order valence-electron chi connectivity index (χ0n) is 72.5. The SMILES string of the molecule is c1ccc(-c2ccc3ccc4c(-c5ccc(-c6ccc(-n7c8ccccc8c8ccccc87)cc6)cc5)ccc5ccc2c3c54)cc1.c1ccc(-c2ccc3ccc4c(-c5ccc(-n6c7ccccc7c7ccccc76)cn5)ccc5ccc2c3c54)cc1.c1ccc(-c2ccc3ccc4c(-c5ccc6cc(-n7c8ccccc8c8ccccc87)ccc6c5)ccc5ccc2c3c54)cc1. The van der Waals surface area contributed by atoms with Gasteiger partial charge in [-0.15, -0.1) is 0 Å². The molecule has 0 aliphatic carbocycles. The molecule has 29 aromatic rings. The van der Waals surface area contributed by atoms with Crippen LogP contribution >= 0.6 is 0 Å². The second kappa shape index (κ2) is 30.6. The topological polar surface area (TPSA) is 27.7 Å². The predicted molar refractivity (Wildman–Crippen MR) is 567 cm³/mol. The van der Waals surface area contributed by atoms with Crippen molar-refractivity contribution >= 4 is 173 Å². The van der Waals surface area contributed by atoms with E-state index in [0.717, 1.165) is 16.9 Å². The lowest BCUT2D eigenvalue weighted by atomic mass is 9.87. The van der Waals surface area contributed by atoms with Crippen LogP contribution in [0.15, 0.2) is 485 Å². The molecule has 0 saturated heterocycles. The lowest BCUT2D eigenvalue weighted by Crippen LogP contribution is -1.96. The number of hydrogen-bond acceptors (Lipinski definition) is 1. The highest BCUT2D eigenvalue weighted by Gasteiger charge is 2.23. The molecule has 0 unspecified atom stereocenters. The van der Waals surface area contributed by atoms with Crippen LogP contribution in [-0.4, -0.2) is 18.7 Å². The minimum Gasteiger partial charge on any atom is -0.309 e. The summed E-state index contributed by atoms with van der Waals surface area (Å²) in [4.78, 5) is 5.05. The number of benzene rings is 25. The lowest BCUT2D eigenvalue weighted by Gasteiger charge is -2.17. The fraction of sp³-hybridized carbons (Fsp3) is 0. The monoisotopic (exact) mass is 1680 g/mol. The second-order valence-electron chi connectivity index (χ2n) is 35.4. The Morgan fingerprint density at radius 1 is 0.135 bits per heavy atom. The highest BCUT2D eigenvalue weighted by Crippen LogP contribution is 2.49. The number of nitrogens with zero attached hydrogens (tertiary/aromatic N) is 4. The Kier molecular flexibility index (Phi) is 17.4. The van der Waals surface area contributed by atoms with Gasteiger partial charge in [0.15, 0.2) is 0 Å². The normalized spacial score (nSPS) is 11.9. The summed E-state index contributed by atoms with van der Waals surface area (Å²) in [7, 11) is 0. The molecule has 0 radical (unpaired) electrons. The van der Waals surface area contributed by atoms with Crippen molar-refractivity contribution in [2.24, 2.45) is 0 Å². The fourth-order valence-corrected chi connectivity index (χ4v) is 22.2. The Balaban J connectivity index is 0.000000102. The van der Waals surface area contributed by atoms with Crippen LogP contribution in [-0.2, 0) is 0 Å². The third kappa shape index (κ3) is 12.2. The highest BCUT2D eigenvalue weighted by molar-refractivity contribution is 6.31. The summed E-state index contributed by atoms with van der Waals surface area (Å²) in [5.74, 6) is 0. The van der Waals surface area contributed by atoms with Gasteiger partial charge in [-0.25, -0.2) is 0 Å². The Morgan fingerprint density at radius 2 is 0.368 bits per heavy atom. The zero-order valence-corrected chi connectivity index (χ0v) is 72.5. The molecule has 4 aromatic heterocycles. The molecule has 25 aromatic carbocycles. The average Bonchev–Trinajstić information content (AvgIpc) is 1.73. The first-order valence-electron chi connectivity index (χ1n) is 45.9. The average molecular weight is 1690 g/mol. The molecular weight excluding hydrogens is 1610 g/mol. The van der Waals surface area contributed by atoms with Crippen LogP contribution < -0.4 is 0 Å². The first kappa shape index (κ1) is 75.6. The first-order chi connectivity index (χ1) is 66.0. The number of pyridine rings is 1. The quantitative estimate of drug-likeness (QED) is 0.125. The maximum atomic E-state index is 5.05. The molecule has 0 spiro atoms. The summed E-state index contributed by atoms with van der Waals surface area (Å²) in [6, 6.07) is 175. The van der Waals surface area contributed by atoms with Gasteiger partial charge in [0.25, 0.3) is 0 Å². The fourth-order valence-electron chi connectivity index (χ4n) is 22.2. The van der Waals surface area contributed by atoms with Crippen molar-refractivity contribution in [3.63, 3.8) is 0 Å². The van der Waals surface area contributed by atoms with Gasteiger partial charge in [0.05, 0.1) is 50.7 Å². The summed E-state index contributed by atoms with van der Waals surface area (Å²) in [6.07, 6.45) is 2.01. The molecule has 0 amide bonds. The molecule has 0 fully saturated rings. The number of para-hydroxylation sites is 6. The highest BCUT2D eigenvalue weighted by atomic mass is 15.0. The van der Waals surface area contributed by atoms with Crippen LogP contribution in [0.1, 0.15) is 0 Å². The van der Waals surface area contributed by atoms with Crippen LogP contribution in [0.4, 0.5) is 0 Å². The Hall–Kier alpha value is -17.6. The van der Waals surface area contributed by atoms with Crippen LogP contribution in [0.3, 0.4) is 0 Å². The van der Waals surface area contributed by atoms with E-state index < -0.39 is 0 Å². The lowest BCUT2D eigenvalue weighted by molar-refractivity contribution is 1.14. The molecular formula is C129H80N4. The van der Waals surface area contributed by atoms with E-state index in [0.29, 0.717) is 0 Å². The summed E-state index contributed by atoms with van der Waals surface area (Å²) in [5.41, 5.74) is 27.9. The molecule has 133 heavy (non-hydrogen) atoms. The van der Waals surface area contributed by atoms with Gasteiger partial charge in [-0.3, -0.25) is 4.98 Å². The van der Waals surface area contributed by atoms with E-state index in [1.165, 1.54) is 251 Å². The van der Waals surface area contributed by atoms with Crippen LogP contribution in [0, 0.1) is 0 Å². The third-order valence-corrected chi connectivity index (χ3v) is 28.3. The summed E-state index contributed by atoms with van der Waals surface area (Å²) >= 11 is 0. The largest absolute Gasteiger partial charge is 0.309 e. The van der Waals surface area contributed by atoms with E-state index in [1.54, 1.807) is 0 Å². The van der Waals surface area contributed by atoms with E-state index in [-0.39, 0.29) is 0 Å². The second-order valence-corrected chi connectivity index (χ2v) is 35.4. The molecule has 0 atom stereocenters. The van der Waals surface area contributed by atoms with Gasteiger partial charge < -0.3 is 13.7 Å². The van der Waals surface area contributed by atoms with E-state index in [4.69, 9.17) is 4.98 Å². The Labute approximate surface area is 766 Å². The summed E-state index contributed by atoms with van der Waals surface area (Å²) in [6.45, 7) is 0. The number of rotatable bonds is 10. The molecule has 0 bridgehead atoms. The zero-order chi connectivity index (χ0) is 87.3. The van der Waals surface area contributed by atoms with E-state index in [1.807, 2.05) is 6.20 Å². The van der Waals surface area contributed by atoms with Crippen molar-refractivity contribution in [2.45, 2.75) is 0 Å². The van der Waals surface area contributed by atoms with Gasteiger partial charge in [0.1, 0.15) is 0 Å². The van der Waals surface area contributed by atoms with Gasteiger partial charge in [-0.1, -0.05) is 400 Å². The van der Waals surface area contributed by atoms with Crippen molar-refractivity contribution in [3.05, 3.63) is 485 Å². The van der Waals surface area contributed by atoms with Crippen molar-refractivity contribution in [3.8, 4) is 95.1 Å². The minimum atomic E-state index is 0.982. The van der Waals surface area contributed by atoms with Gasteiger partial charge in [-0.2, -0.15) is 0 Å². The maximum absolute atomic E-state index is 5.05. The first-order valence-corrected chi connectivity index (χ1v) is 45.9. The van der Waals surface area contributed by atoms with Gasteiger partial charge in [0, 0.05) is 49.3 Å². The summed E-state index contributed by atoms with van der Waals surface area (Å²) < 4.78 is 7.08. The standard InChI is InChI=1S/C46H29N.C44H27N.C39H24N2/c1-2-8-32(9-3-1)37-26-20-34-23-29-42-38(27-21-35-22-28-41(37)45(34)46(35)42)33-16-14-30(15-17-33)31-18-24-36(25-19-31)47-43-12-6-4-10-39(43)40-11-5-7-13-44(40)47;1-2-8-28(9-3-1)35-22-17-29-20-25-40-36(23-18-30-19-24-39(35)43(29)44(30)40)33-15-14-32-27-34(21-16-31(32)26-33)45-41-12-6-4-10-37(41)38-11-5-7-13-42(38)45;1-2-8-25(9-3-1)29-19-14-26-17-22-34-30(20-15-27-16-21-33(29)38(26)39(27)34)35-23-18-28(24-40-35)41-36-12-6-4-10-31(36)32-11-5-7-13-37(32)41/h1-29H;1-27H;1-24H. The number of aromatic nitrogens is 4. The summed E-state index contributed by atoms with van der Waals surface area (Å²) in [5, 5.41) is 33.6. The Morgan fingerprint density at radius 3 is 0.714 bits per heavy atom. The molecule has 0 aliphatic rings. The molecule has 0 aliphatic heterocycles. The molecule has 0 N–H and O–H groups in total. The minimum absolute atomic E-state index is 0.982. The van der Waals surface area contributed by atoms with E-state index >= 15 is 0 Å². The molecule has 29 rings (SSSR count). The molecule has 4 nitrogen and oxygen atoms in total. The van der Waals surface area contributed by atoms with Crippen molar-refractivity contribution in [1.82, 2.24) is 18.7 Å². The van der Waals surface area contributed by atoms with Gasteiger partial charge >= 0.3 is 0 Å².